The lowest BCUT2D eigenvalue weighted by Gasteiger charge is -2.09. The van der Waals surface area contributed by atoms with Gasteiger partial charge in [0, 0.05) is 16.4 Å². The summed E-state index contributed by atoms with van der Waals surface area (Å²) in [7, 11) is 1.26. The van der Waals surface area contributed by atoms with Gasteiger partial charge >= 0.3 is 17.8 Å². The minimum absolute atomic E-state index is 0.268. The molecule has 0 fully saturated rings. The highest BCUT2D eigenvalue weighted by Gasteiger charge is 2.16. The average molecular weight is 347 g/mol. The van der Waals surface area contributed by atoms with Crippen LogP contribution in [0.2, 0.25) is 5.02 Å². The van der Waals surface area contributed by atoms with Crippen LogP contribution in [0.25, 0.3) is 0 Å². The molecule has 2 aromatic rings. The average Bonchev–Trinajstić information content (AvgIpc) is 2.56. The van der Waals surface area contributed by atoms with Crippen molar-refractivity contribution in [3.8, 4) is 0 Å². The van der Waals surface area contributed by atoms with Crippen molar-refractivity contribution in [1.82, 2.24) is 0 Å². The van der Waals surface area contributed by atoms with Crippen LogP contribution in [0.3, 0.4) is 0 Å². The number of nitrogens with one attached hydrogen (secondary N) is 2. The molecule has 6 nitrogen and oxygen atoms in total. The molecule has 0 unspecified atom stereocenters. The molecule has 2 aromatic carbocycles. The lowest BCUT2D eigenvalue weighted by atomic mass is 10.2. The molecule has 2 amide bonds. The summed E-state index contributed by atoms with van der Waals surface area (Å²) < 4.78 is 4.60. The van der Waals surface area contributed by atoms with E-state index in [1.165, 1.54) is 13.2 Å². The molecule has 0 saturated heterocycles. The maximum Gasteiger partial charge on any atom is 0.337 e. The first-order valence-corrected chi connectivity index (χ1v) is 7.35. The second-order valence-corrected chi connectivity index (χ2v) is 5.38. The molecular formula is C17H15ClN2O4. The first-order chi connectivity index (χ1) is 11.4. The van der Waals surface area contributed by atoms with Gasteiger partial charge in [0.1, 0.15) is 0 Å². The van der Waals surface area contributed by atoms with Crippen molar-refractivity contribution in [3.05, 3.63) is 58.6 Å². The van der Waals surface area contributed by atoms with Crippen LogP contribution >= 0.6 is 11.6 Å². The van der Waals surface area contributed by atoms with Gasteiger partial charge in [-0.05, 0) is 48.9 Å². The fourth-order valence-corrected chi connectivity index (χ4v) is 2.20. The zero-order valence-corrected chi connectivity index (χ0v) is 13.8. The lowest BCUT2D eigenvalue weighted by molar-refractivity contribution is -0.133. The molecule has 24 heavy (non-hydrogen) atoms. The minimum atomic E-state index is -0.855. The van der Waals surface area contributed by atoms with E-state index in [4.69, 9.17) is 11.6 Å². The Bertz CT molecular complexity index is 805. The normalized spacial score (nSPS) is 9.96. The smallest absolute Gasteiger partial charge is 0.337 e. The summed E-state index contributed by atoms with van der Waals surface area (Å²) in [4.78, 5) is 35.4. The van der Waals surface area contributed by atoms with Gasteiger partial charge in [0.15, 0.2) is 0 Å². The fraction of sp³-hybridized carbons (Fsp3) is 0.118. The Balaban J connectivity index is 2.06. The third-order valence-corrected chi connectivity index (χ3v) is 3.42. The fourth-order valence-electron chi connectivity index (χ4n) is 1.98. The Kier molecular flexibility index (Phi) is 5.55. The van der Waals surface area contributed by atoms with Crippen LogP contribution < -0.4 is 10.6 Å². The standard InChI is InChI=1S/C17H15ClN2O4/c1-10-8-12(18)6-7-14(10)20-16(22)15(21)19-13-5-3-4-11(9-13)17(23)24-2/h3-9H,1-2H3,(H,19,21)(H,20,22). The predicted molar refractivity (Wildman–Crippen MR) is 91.2 cm³/mol. The van der Waals surface area contributed by atoms with Gasteiger partial charge in [0.2, 0.25) is 0 Å². The molecule has 2 rings (SSSR count). The number of esters is 1. The number of benzene rings is 2. The second-order valence-electron chi connectivity index (χ2n) is 4.94. The summed E-state index contributed by atoms with van der Waals surface area (Å²) in [6.45, 7) is 1.76. The van der Waals surface area contributed by atoms with E-state index in [0.717, 1.165) is 5.56 Å². The highest BCUT2D eigenvalue weighted by Crippen LogP contribution is 2.19. The molecule has 0 atom stereocenters. The van der Waals surface area contributed by atoms with Crippen molar-refractivity contribution < 1.29 is 19.1 Å². The predicted octanol–water partition coefficient (Wildman–Crippen LogP) is 3.01. The number of rotatable bonds is 3. The van der Waals surface area contributed by atoms with Gasteiger partial charge in [0.25, 0.3) is 0 Å². The number of anilines is 2. The van der Waals surface area contributed by atoms with Crippen LogP contribution in [0, 0.1) is 6.92 Å². The number of hydrogen-bond acceptors (Lipinski definition) is 4. The van der Waals surface area contributed by atoms with Crippen LogP contribution in [0.15, 0.2) is 42.5 Å². The molecule has 0 spiro atoms. The molecule has 0 heterocycles. The SMILES string of the molecule is COC(=O)c1cccc(NC(=O)C(=O)Nc2ccc(Cl)cc2C)c1. The highest BCUT2D eigenvalue weighted by molar-refractivity contribution is 6.43. The van der Waals surface area contributed by atoms with Gasteiger partial charge in [-0.15, -0.1) is 0 Å². The Morgan fingerprint density at radius 3 is 2.38 bits per heavy atom. The van der Waals surface area contributed by atoms with Crippen molar-refractivity contribution in [2.45, 2.75) is 6.92 Å². The molecule has 7 heteroatoms. The number of methoxy groups -OCH3 is 1. The number of carbonyl (C=O) groups excluding carboxylic acids is 3. The van der Waals surface area contributed by atoms with E-state index >= 15 is 0 Å². The van der Waals surface area contributed by atoms with E-state index in [-0.39, 0.29) is 5.56 Å². The zero-order chi connectivity index (χ0) is 17.7. The molecule has 0 aliphatic carbocycles. The number of ether oxygens (including phenoxy) is 1. The summed E-state index contributed by atoms with van der Waals surface area (Å²) in [5.41, 5.74) is 1.80. The van der Waals surface area contributed by atoms with E-state index in [2.05, 4.69) is 15.4 Å². The van der Waals surface area contributed by atoms with Crippen molar-refractivity contribution in [1.29, 1.82) is 0 Å². The molecule has 0 radical (unpaired) electrons. The molecule has 0 aliphatic rings. The molecular weight excluding hydrogens is 332 g/mol. The Hall–Kier alpha value is -2.86. The van der Waals surface area contributed by atoms with E-state index in [9.17, 15) is 14.4 Å². The molecule has 0 bridgehead atoms. The van der Waals surface area contributed by atoms with Crippen molar-refractivity contribution in [3.63, 3.8) is 0 Å². The van der Waals surface area contributed by atoms with Crippen LogP contribution in [0.1, 0.15) is 15.9 Å². The number of halogens is 1. The second kappa shape index (κ2) is 7.61. The first-order valence-electron chi connectivity index (χ1n) is 6.97. The van der Waals surface area contributed by atoms with Crippen LogP contribution in [-0.4, -0.2) is 24.9 Å². The molecule has 0 aliphatic heterocycles. The summed E-state index contributed by atoms with van der Waals surface area (Å²) in [5.74, 6) is -2.22. The van der Waals surface area contributed by atoms with Gasteiger partial charge in [-0.2, -0.15) is 0 Å². The van der Waals surface area contributed by atoms with Gasteiger partial charge < -0.3 is 15.4 Å². The van der Waals surface area contributed by atoms with E-state index in [1.54, 1.807) is 43.3 Å². The maximum absolute atomic E-state index is 12.0. The minimum Gasteiger partial charge on any atom is -0.465 e. The van der Waals surface area contributed by atoms with Crippen LogP contribution in [-0.2, 0) is 14.3 Å². The van der Waals surface area contributed by atoms with E-state index in [1.807, 2.05) is 0 Å². The van der Waals surface area contributed by atoms with Gasteiger partial charge in [-0.3, -0.25) is 9.59 Å². The summed E-state index contributed by atoms with van der Waals surface area (Å²) in [6, 6.07) is 11.0. The lowest BCUT2D eigenvalue weighted by Crippen LogP contribution is -2.29. The quantitative estimate of drug-likeness (QED) is 0.661. The van der Waals surface area contributed by atoms with Crippen molar-refractivity contribution in [2.24, 2.45) is 0 Å². The number of amides is 2. The number of aryl methyl sites for hydroxylation is 1. The van der Waals surface area contributed by atoms with Crippen molar-refractivity contribution in [2.75, 3.05) is 17.7 Å². The van der Waals surface area contributed by atoms with Crippen LogP contribution in [0.5, 0.6) is 0 Å². The third kappa shape index (κ3) is 4.33. The van der Waals surface area contributed by atoms with E-state index in [0.29, 0.717) is 16.4 Å². The molecule has 2 N–H and O–H groups in total. The largest absolute Gasteiger partial charge is 0.465 e. The maximum atomic E-state index is 12.0. The Labute approximate surface area is 143 Å². The summed E-state index contributed by atoms with van der Waals surface area (Å²) in [6.07, 6.45) is 0. The number of hydrogen-bond donors (Lipinski definition) is 2. The molecule has 0 saturated carbocycles. The number of carbonyl (C=O) groups is 3. The van der Waals surface area contributed by atoms with E-state index < -0.39 is 17.8 Å². The van der Waals surface area contributed by atoms with Gasteiger partial charge in [0.05, 0.1) is 12.7 Å². The first kappa shape index (κ1) is 17.5. The topological polar surface area (TPSA) is 84.5 Å². The summed E-state index contributed by atoms with van der Waals surface area (Å²) in [5, 5.41) is 5.47. The highest BCUT2D eigenvalue weighted by atomic mass is 35.5. The van der Waals surface area contributed by atoms with Gasteiger partial charge in [-0.25, -0.2) is 4.79 Å². The molecule has 0 aromatic heterocycles. The van der Waals surface area contributed by atoms with Gasteiger partial charge in [-0.1, -0.05) is 17.7 Å². The van der Waals surface area contributed by atoms with Crippen molar-refractivity contribution >= 4 is 40.8 Å². The zero-order valence-electron chi connectivity index (χ0n) is 13.1. The third-order valence-electron chi connectivity index (χ3n) is 3.18. The monoisotopic (exact) mass is 346 g/mol. The Morgan fingerprint density at radius 1 is 1.00 bits per heavy atom. The van der Waals surface area contributed by atoms with Crippen LogP contribution in [0.4, 0.5) is 11.4 Å². The Morgan fingerprint density at radius 2 is 1.71 bits per heavy atom. The molecule has 124 valence electrons. The summed E-state index contributed by atoms with van der Waals surface area (Å²) >= 11 is 5.85.